The minimum Gasteiger partial charge on any atom is -0.454 e. The molecule has 2 heterocycles. The smallest absolute Gasteiger partial charge is 0.257 e. The van der Waals surface area contributed by atoms with Gasteiger partial charge in [-0.3, -0.25) is 4.79 Å². The van der Waals surface area contributed by atoms with Crippen molar-refractivity contribution in [1.29, 1.82) is 0 Å². The SMILES string of the molecule is CN(C)c1ccc(Nc2ccc(NC(=O)c3ccc4c(c3)OCO4)nn2)cc1. The van der Waals surface area contributed by atoms with Gasteiger partial charge in [-0.2, -0.15) is 0 Å². The van der Waals surface area contributed by atoms with Crippen LogP contribution in [0, 0.1) is 0 Å². The van der Waals surface area contributed by atoms with E-state index in [0.717, 1.165) is 11.4 Å². The van der Waals surface area contributed by atoms with E-state index in [4.69, 9.17) is 9.47 Å². The van der Waals surface area contributed by atoms with E-state index >= 15 is 0 Å². The lowest BCUT2D eigenvalue weighted by Gasteiger charge is -2.13. The zero-order valence-corrected chi connectivity index (χ0v) is 15.5. The van der Waals surface area contributed by atoms with Gasteiger partial charge in [0.1, 0.15) is 0 Å². The number of aromatic nitrogens is 2. The zero-order chi connectivity index (χ0) is 19.5. The van der Waals surface area contributed by atoms with Gasteiger partial charge in [-0.05, 0) is 54.6 Å². The average Bonchev–Trinajstić information content (AvgIpc) is 3.17. The van der Waals surface area contributed by atoms with Crippen LogP contribution in [0.3, 0.4) is 0 Å². The number of rotatable bonds is 5. The molecule has 0 spiro atoms. The summed E-state index contributed by atoms with van der Waals surface area (Å²) in [5.41, 5.74) is 2.46. The molecule has 0 fully saturated rings. The van der Waals surface area contributed by atoms with E-state index in [0.29, 0.717) is 28.7 Å². The molecule has 0 saturated heterocycles. The number of hydrogen-bond acceptors (Lipinski definition) is 7. The standard InChI is InChI=1S/C20H19N5O3/c1-25(2)15-6-4-14(5-7-15)21-18-9-10-19(24-23-18)22-20(26)13-3-8-16-17(11-13)28-12-27-16/h3-11H,12H2,1-2H3,(H,21,23)(H,22,24,26). The second kappa shape index (κ2) is 7.43. The molecule has 1 aliphatic heterocycles. The number of ether oxygens (including phenoxy) is 2. The molecule has 0 radical (unpaired) electrons. The van der Waals surface area contributed by atoms with Crippen molar-refractivity contribution in [2.45, 2.75) is 0 Å². The Kier molecular flexibility index (Phi) is 4.67. The minimum absolute atomic E-state index is 0.165. The van der Waals surface area contributed by atoms with Gasteiger partial charge < -0.3 is 25.0 Å². The van der Waals surface area contributed by atoms with E-state index in [-0.39, 0.29) is 12.7 Å². The molecule has 2 N–H and O–H groups in total. The quantitative estimate of drug-likeness (QED) is 0.705. The summed E-state index contributed by atoms with van der Waals surface area (Å²) in [7, 11) is 3.98. The Balaban J connectivity index is 1.39. The van der Waals surface area contributed by atoms with Crippen molar-refractivity contribution in [2.24, 2.45) is 0 Å². The van der Waals surface area contributed by atoms with Gasteiger partial charge in [-0.25, -0.2) is 0 Å². The molecular weight excluding hydrogens is 358 g/mol. The highest BCUT2D eigenvalue weighted by atomic mass is 16.7. The second-order valence-corrected chi connectivity index (χ2v) is 6.39. The Hall–Kier alpha value is -3.81. The summed E-state index contributed by atoms with van der Waals surface area (Å²) >= 11 is 0. The van der Waals surface area contributed by atoms with Crippen LogP contribution in [-0.4, -0.2) is 37.0 Å². The molecule has 4 rings (SSSR count). The predicted octanol–water partition coefficient (Wildman–Crippen LogP) is 3.27. The van der Waals surface area contributed by atoms with Crippen molar-refractivity contribution in [3.05, 3.63) is 60.2 Å². The maximum Gasteiger partial charge on any atom is 0.257 e. The fraction of sp³-hybridized carbons (Fsp3) is 0.150. The molecule has 1 aliphatic rings. The van der Waals surface area contributed by atoms with Gasteiger partial charge in [0.25, 0.3) is 5.91 Å². The highest BCUT2D eigenvalue weighted by Gasteiger charge is 2.16. The topological polar surface area (TPSA) is 88.6 Å². The molecule has 0 saturated carbocycles. The van der Waals surface area contributed by atoms with Gasteiger partial charge in [0.15, 0.2) is 23.1 Å². The Bertz CT molecular complexity index is 988. The Morgan fingerprint density at radius 2 is 1.64 bits per heavy atom. The summed E-state index contributed by atoms with van der Waals surface area (Å²) in [5, 5.41) is 14.0. The first-order valence-corrected chi connectivity index (χ1v) is 8.68. The average molecular weight is 377 g/mol. The van der Waals surface area contributed by atoms with E-state index in [1.807, 2.05) is 43.3 Å². The maximum atomic E-state index is 12.4. The number of benzene rings is 2. The molecule has 28 heavy (non-hydrogen) atoms. The van der Waals surface area contributed by atoms with Crippen molar-refractivity contribution < 1.29 is 14.3 Å². The van der Waals surface area contributed by atoms with Crippen LogP contribution in [0.5, 0.6) is 11.5 Å². The largest absolute Gasteiger partial charge is 0.454 e. The Morgan fingerprint density at radius 1 is 0.929 bits per heavy atom. The first kappa shape index (κ1) is 17.6. The van der Waals surface area contributed by atoms with Gasteiger partial charge in [-0.1, -0.05) is 0 Å². The second-order valence-electron chi connectivity index (χ2n) is 6.39. The molecule has 0 atom stereocenters. The number of hydrogen-bond donors (Lipinski definition) is 2. The van der Waals surface area contributed by atoms with Gasteiger partial charge >= 0.3 is 0 Å². The number of nitrogens with one attached hydrogen (secondary N) is 2. The van der Waals surface area contributed by atoms with Crippen LogP contribution < -0.4 is 25.0 Å². The van der Waals surface area contributed by atoms with Gasteiger partial charge in [-0.15, -0.1) is 10.2 Å². The fourth-order valence-corrected chi connectivity index (χ4v) is 2.68. The van der Waals surface area contributed by atoms with Crippen LogP contribution in [0.15, 0.2) is 54.6 Å². The summed E-state index contributed by atoms with van der Waals surface area (Å²) in [6.45, 7) is 0.165. The van der Waals surface area contributed by atoms with Crippen LogP contribution in [0.1, 0.15) is 10.4 Å². The lowest BCUT2D eigenvalue weighted by Crippen LogP contribution is -2.13. The highest BCUT2D eigenvalue weighted by Crippen LogP contribution is 2.32. The van der Waals surface area contributed by atoms with Crippen molar-refractivity contribution in [2.75, 3.05) is 36.4 Å². The summed E-state index contributed by atoms with van der Waals surface area (Å²) in [4.78, 5) is 14.4. The van der Waals surface area contributed by atoms with Gasteiger partial charge in [0.05, 0.1) is 0 Å². The van der Waals surface area contributed by atoms with E-state index in [2.05, 4.69) is 20.8 Å². The molecule has 2 aromatic carbocycles. The first-order chi connectivity index (χ1) is 13.6. The van der Waals surface area contributed by atoms with Gasteiger partial charge in [0.2, 0.25) is 6.79 Å². The normalized spacial score (nSPS) is 11.8. The summed E-state index contributed by atoms with van der Waals surface area (Å²) in [6.07, 6.45) is 0. The molecule has 8 nitrogen and oxygen atoms in total. The van der Waals surface area contributed by atoms with Crippen molar-refractivity contribution in [3.63, 3.8) is 0 Å². The molecule has 0 unspecified atom stereocenters. The molecule has 8 heteroatoms. The Morgan fingerprint density at radius 3 is 2.36 bits per heavy atom. The lowest BCUT2D eigenvalue weighted by atomic mass is 10.2. The maximum absolute atomic E-state index is 12.4. The third-order valence-electron chi connectivity index (χ3n) is 4.20. The van der Waals surface area contributed by atoms with Crippen molar-refractivity contribution >= 4 is 28.9 Å². The third-order valence-corrected chi connectivity index (χ3v) is 4.20. The predicted molar refractivity (Wildman–Crippen MR) is 107 cm³/mol. The molecule has 0 bridgehead atoms. The lowest BCUT2D eigenvalue weighted by molar-refractivity contribution is 0.102. The van der Waals surface area contributed by atoms with Crippen LogP contribution in [0.2, 0.25) is 0 Å². The number of nitrogens with zero attached hydrogens (tertiary/aromatic N) is 3. The fourth-order valence-electron chi connectivity index (χ4n) is 2.68. The van der Waals surface area contributed by atoms with E-state index in [1.165, 1.54) is 0 Å². The third kappa shape index (κ3) is 3.80. The minimum atomic E-state index is -0.299. The van der Waals surface area contributed by atoms with Crippen molar-refractivity contribution in [3.8, 4) is 11.5 Å². The summed E-state index contributed by atoms with van der Waals surface area (Å²) in [5.74, 6) is 1.83. The van der Waals surface area contributed by atoms with Gasteiger partial charge in [0, 0.05) is 31.0 Å². The van der Waals surface area contributed by atoms with Crippen molar-refractivity contribution in [1.82, 2.24) is 10.2 Å². The zero-order valence-electron chi connectivity index (χ0n) is 15.5. The molecular formula is C20H19N5O3. The van der Waals surface area contributed by atoms with E-state index in [1.54, 1.807) is 30.3 Å². The van der Waals surface area contributed by atoms with Crippen LogP contribution in [0.4, 0.5) is 23.0 Å². The summed E-state index contributed by atoms with van der Waals surface area (Å²) in [6, 6.07) is 16.4. The van der Waals surface area contributed by atoms with Crippen LogP contribution >= 0.6 is 0 Å². The molecule has 0 aliphatic carbocycles. The molecule has 3 aromatic rings. The highest BCUT2D eigenvalue weighted by molar-refractivity contribution is 6.04. The number of fused-ring (bicyclic) bond motifs is 1. The molecule has 1 aromatic heterocycles. The summed E-state index contributed by atoms with van der Waals surface area (Å²) < 4.78 is 10.5. The first-order valence-electron chi connectivity index (χ1n) is 8.68. The molecule has 1 amide bonds. The molecule has 142 valence electrons. The number of carbonyl (C=O) groups excluding carboxylic acids is 1. The number of amides is 1. The van der Waals surface area contributed by atoms with Crippen LogP contribution in [-0.2, 0) is 0 Å². The monoisotopic (exact) mass is 377 g/mol. The number of anilines is 4. The Labute approximate surface area is 162 Å². The van der Waals surface area contributed by atoms with E-state index in [9.17, 15) is 4.79 Å². The number of carbonyl (C=O) groups is 1. The van der Waals surface area contributed by atoms with Crippen LogP contribution in [0.25, 0.3) is 0 Å². The van der Waals surface area contributed by atoms with E-state index < -0.39 is 0 Å².